The molecule has 0 spiro atoms. The normalized spacial score (nSPS) is 17.7. The number of alkyl carbamates (subject to hydrolysis) is 1. The summed E-state index contributed by atoms with van der Waals surface area (Å²) in [6, 6.07) is 7.27. The van der Waals surface area contributed by atoms with Gasteiger partial charge in [0.05, 0.1) is 16.7 Å². The lowest BCUT2D eigenvalue weighted by Crippen LogP contribution is -2.55. The van der Waals surface area contributed by atoms with Crippen LogP contribution in [0.3, 0.4) is 0 Å². The highest BCUT2D eigenvalue weighted by Gasteiger charge is 2.31. The molecule has 0 fully saturated rings. The van der Waals surface area contributed by atoms with E-state index in [4.69, 9.17) is 4.74 Å². The number of nitrogens with zero attached hydrogens (tertiary/aromatic N) is 1. The summed E-state index contributed by atoms with van der Waals surface area (Å²) in [5, 5.41) is 10.8. The largest absolute Gasteiger partial charge is 0.445 e. The van der Waals surface area contributed by atoms with E-state index in [1.54, 1.807) is 25.2 Å². The van der Waals surface area contributed by atoms with Crippen LogP contribution in [0.25, 0.3) is 0 Å². The quantitative estimate of drug-likeness (QED) is 0.537. The smallest absolute Gasteiger partial charge is 0.408 e. The monoisotopic (exact) mass is 486 g/mol. The molecule has 3 rings (SSSR count). The number of fused-ring (bicyclic) bond motifs is 2. The van der Waals surface area contributed by atoms with Crippen LogP contribution >= 0.6 is 11.3 Å². The second kappa shape index (κ2) is 12.3. The van der Waals surface area contributed by atoms with Gasteiger partial charge in [-0.05, 0) is 30.7 Å². The molecule has 1 aliphatic heterocycles. The van der Waals surface area contributed by atoms with Gasteiger partial charge in [-0.15, -0.1) is 11.3 Å². The van der Waals surface area contributed by atoms with Gasteiger partial charge in [-0.1, -0.05) is 44.2 Å². The lowest BCUT2D eigenvalue weighted by molar-refractivity contribution is -0.140. The molecule has 10 heteroatoms. The zero-order valence-electron chi connectivity index (χ0n) is 19.3. The number of benzene rings is 1. The van der Waals surface area contributed by atoms with E-state index in [-0.39, 0.29) is 25.5 Å². The Bertz CT molecular complexity index is 1010. The molecule has 3 N–H and O–H groups in total. The summed E-state index contributed by atoms with van der Waals surface area (Å²) in [5.41, 5.74) is 1.71. The molecule has 2 heterocycles. The number of carbonyl (C=O) groups excluding carboxylic acids is 4. The highest BCUT2D eigenvalue weighted by molar-refractivity contribution is 7.09. The molecule has 2 bridgehead atoms. The summed E-state index contributed by atoms with van der Waals surface area (Å²) in [5.74, 6) is -2.24. The van der Waals surface area contributed by atoms with E-state index in [9.17, 15) is 19.2 Å². The van der Waals surface area contributed by atoms with Crippen LogP contribution in [0, 0.1) is 5.92 Å². The number of nitrogens with one attached hydrogen (secondary N) is 3. The molecule has 1 aliphatic rings. The first-order valence-corrected chi connectivity index (χ1v) is 12.2. The van der Waals surface area contributed by atoms with Gasteiger partial charge in [-0.3, -0.25) is 14.4 Å². The molecular weight excluding hydrogens is 456 g/mol. The fourth-order valence-electron chi connectivity index (χ4n) is 3.54. The van der Waals surface area contributed by atoms with E-state index in [0.29, 0.717) is 19.3 Å². The van der Waals surface area contributed by atoms with Crippen molar-refractivity contribution in [3.8, 4) is 0 Å². The SMILES string of the molecule is CC(C)C(NC(=O)OCc1ccccc1)C(=O)NC1CCCc2nc(cs2)CCNC(=O)C1=O. The Morgan fingerprint density at radius 1 is 1.21 bits per heavy atom. The van der Waals surface area contributed by atoms with Gasteiger partial charge in [0.25, 0.3) is 5.91 Å². The molecule has 2 unspecified atom stereocenters. The van der Waals surface area contributed by atoms with Gasteiger partial charge in [0.2, 0.25) is 11.7 Å². The number of aryl methyl sites for hydroxylation is 1. The molecule has 1 aromatic carbocycles. The lowest BCUT2D eigenvalue weighted by Gasteiger charge is -2.24. The molecule has 182 valence electrons. The van der Waals surface area contributed by atoms with Crippen molar-refractivity contribution in [1.82, 2.24) is 20.9 Å². The average molecular weight is 487 g/mol. The molecule has 2 aromatic rings. The van der Waals surface area contributed by atoms with Gasteiger partial charge in [0.1, 0.15) is 12.6 Å². The minimum atomic E-state index is -0.991. The maximum atomic E-state index is 13.0. The summed E-state index contributed by atoms with van der Waals surface area (Å²) in [4.78, 5) is 55.0. The van der Waals surface area contributed by atoms with Crippen molar-refractivity contribution >= 4 is 35.0 Å². The summed E-state index contributed by atoms with van der Waals surface area (Å²) < 4.78 is 5.23. The minimum Gasteiger partial charge on any atom is -0.445 e. The molecule has 0 saturated carbocycles. The van der Waals surface area contributed by atoms with Crippen molar-refractivity contribution < 1.29 is 23.9 Å². The van der Waals surface area contributed by atoms with E-state index < -0.39 is 35.8 Å². The van der Waals surface area contributed by atoms with Crippen molar-refractivity contribution in [2.45, 2.75) is 58.2 Å². The summed E-state index contributed by atoms with van der Waals surface area (Å²) >= 11 is 1.55. The zero-order chi connectivity index (χ0) is 24.5. The third-order valence-corrected chi connectivity index (χ3v) is 6.40. The molecule has 0 radical (unpaired) electrons. The van der Waals surface area contributed by atoms with Crippen molar-refractivity contribution in [2.75, 3.05) is 6.54 Å². The Labute approximate surface area is 202 Å². The predicted molar refractivity (Wildman–Crippen MR) is 127 cm³/mol. The number of hydrogen-bond donors (Lipinski definition) is 3. The number of rotatable bonds is 6. The fraction of sp³-hybridized carbons (Fsp3) is 0.458. The van der Waals surface area contributed by atoms with Gasteiger partial charge < -0.3 is 20.7 Å². The predicted octanol–water partition coefficient (Wildman–Crippen LogP) is 2.14. The standard InChI is InChI=1S/C24H30N4O5S/c1-15(2)20(28-24(32)33-13-16-7-4-3-5-8-16)22(30)27-18-9-6-10-19-26-17(14-34-19)11-12-25-23(31)21(18)29/h3-5,7-8,14-15,18,20H,6,9-13H2,1-2H3,(H,25,31)(H,27,30)(H,28,32). The van der Waals surface area contributed by atoms with Crippen LogP contribution in [0.4, 0.5) is 4.79 Å². The third-order valence-electron chi connectivity index (χ3n) is 5.44. The number of Topliss-reactive ketones (excluding diaryl/α,β-unsaturated/α-hetero) is 1. The van der Waals surface area contributed by atoms with E-state index in [1.165, 1.54) is 0 Å². The van der Waals surface area contributed by atoms with Crippen molar-refractivity contribution in [3.63, 3.8) is 0 Å². The van der Waals surface area contributed by atoms with E-state index in [2.05, 4.69) is 20.9 Å². The topological polar surface area (TPSA) is 126 Å². The Hall–Kier alpha value is -3.27. The van der Waals surface area contributed by atoms with E-state index in [0.717, 1.165) is 16.3 Å². The highest BCUT2D eigenvalue weighted by atomic mass is 32.1. The van der Waals surface area contributed by atoms with Crippen LogP contribution in [-0.2, 0) is 38.6 Å². The first-order chi connectivity index (χ1) is 16.3. The number of hydrogen-bond acceptors (Lipinski definition) is 7. The maximum absolute atomic E-state index is 13.0. The Morgan fingerprint density at radius 2 is 1.97 bits per heavy atom. The molecule has 0 aliphatic carbocycles. The van der Waals surface area contributed by atoms with Crippen molar-refractivity contribution in [1.29, 1.82) is 0 Å². The molecule has 34 heavy (non-hydrogen) atoms. The van der Waals surface area contributed by atoms with Crippen LogP contribution < -0.4 is 16.0 Å². The molecular formula is C24H30N4O5S. The number of ketones is 1. The minimum absolute atomic E-state index is 0.0683. The second-order valence-electron chi connectivity index (χ2n) is 8.48. The molecule has 3 amide bonds. The highest BCUT2D eigenvalue weighted by Crippen LogP contribution is 2.15. The van der Waals surface area contributed by atoms with Gasteiger partial charge in [-0.25, -0.2) is 9.78 Å². The summed E-state index contributed by atoms with van der Waals surface area (Å²) in [6.07, 6.45) is 1.33. The van der Waals surface area contributed by atoms with Gasteiger partial charge >= 0.3 is 6.09 Å². The summed E-state index contributed by atoms with van der Waals surface area (Å²) in [6.45, 7) is 3.91. The summed E-state index contributed by atoms with van der Waals surface area (Å²) in [7, 11) is 0. The van der Waals surface area contributed by atoms with Gasteiger partial charge in [0, 0.05) is 18.3 Å². The number of amides is 3. The maximum Gasteiger partial charge on any atom is 0.408 e. The van der Waals surface area contributed by atoms with Gasteiger partial charge in [0.15, 0.2) is 0 Å². The Kier molecular flexibility index (Phi) is 9.15. The first kappa shape index (κ1) is 25.4. The van der Waals surface area contributed by atoms with E-state index in [1.807, 2.05) is 35.7 Å². The Morgan fingerprint density at radius 3 is 2.71 bits per heavy atom. The third kappa shape index (κ3) is 7.38. The lowest BCUT2D eigenvalue weighted by atomic mass is 10.0. The van der Waals surface area contributed by atoms with E-state index >= 15 is 0 Å². The number of thiazole rings is 1. The van der Waals surface area contributed by atoms with Crippen LogP contribution in [-0.4, -0.2) is 47.3 Å². The van der Waals surface area contributed by atoms with Crippen LogP contribution in [0.2, 0.25) is 0 Å². The molecule has 2 atom stereocenters. The average Bonchev–Trinajstić information content (AvgIpc) is 3.27. The fourth-order valence-corrected chi connectivity index (χ4v) is 4.42. The van der Waals surface area contributed by atoms with Crippen LogP contribution in [0.5, 0.6) is 0 Å². The first-order valence-electron chi connectivity index (χ1n) is 11.4. The number of ether oxygens (including phenoxy) is 1. The van der Waals surface area contributed by atoms with Crippen LogP contribution in [0.1, 0.15) is 43.0 Å². The molecule has 1 aromatic heterocycles. The molecule has 0 saturated heterocycles. The Balaban J connectivity index is 1.62. The number of carbonyl (C=O) groups is 4. The molecule has 9 nitrogen and oxygen atoms in total. The van der Waals surface area contributed by atoms with Crippen LogP contribution in [0.15, 0.2) is 35.7 Å². The number of aromatic nitrogens is 1. The van der Waals surface area contributed by atoms with Gasteiger partial charge in [-0.2, -0.15) is 0 Å². The second-order valence-corrected chi connectivity index (χ2v) is 9.43. The van der Waals surface area contributed by atoms with Crippen molar-refractivity contribution in [3.05, 3.63) is 52.0 Å². The zero-order valence-corrected chi connectivity index (χ0v) is 20.2. The van der Waals surface area contributed by atoms with Crippen molar-refractivity contribution in [2.24, 2.45) is 5.92 Å².